The van der Waals surface area contributed by atoms with E-state index in [-0.39, 0.29) is 23.5 Å². The monoisotopic (exact) mass is 582 g/mol. The van der Waals surface area contributed by atoms with Crippen LogP contribution in [0.4, 0.5) is 5.69 Å². The second-order valence-corrected chi connectivity index (χ2v) is 12.7. The number of rotatable bonds is 7. The molecule has 41 heavy (non-hydrogen) atoms. The summed E-state index contributed by atoms with van der Waals surface area (Å²) in [5.74, 6) is -0.0735. The quantitative estimate of drug-likeness (QED) is 0.237. The number of benzene rings is 3. The van der Waals surface area contributed by atoms with Crippen LogP contribution in [0.15, 0.2) is 103 Å². The Hall–Kier alpha value is -4.27. The van der Waals surface area contributed by atoms with Crippen molar-refractivity contribution in [3.8, 4) is 22.6 Å². The molecule has 0 bridgehead atoms. The highest BCUT2D eigenvalue weighted by molar-refractivity contribution is 7.91. The van der Waals surface area contributed by atoms with Crippen molar-refractivity contribution in [1.82, 2.24) is 14.8 Å². The van der Waals surface area contributed by atoms with Gasteiger partial charge in [-0.15, -0.1) is 0 Å². The van der Waals surface area contributed by atoms with Gasteiger partial charge in [-0.25, -0.2) is 8.42 Å². The van der Waals surface area contributed by atoms with Crippen LogP contribution in [0.3, 0.4) is 0 Å². The van der Waals surface area contributed by atoms with E-state index >= 15 is 0 Å². The number of nitrogens with zero attached hydrogens (tertiary/aromatic N) is 3. The first-order valence-electron chi connectivity index (χ1n) is 13.3. The molecule has 0 saturated carbocycles. The molecule has 7 nitrogen and oxygen atoms in total. The Morgan fingerprint density at radius 3 is 2.46 bits per heavy atom. The average molecular weight is 583 g/mol. The van der Waals surface area contributed by atoms with Gasteiger partial charge >= 0.3 is 0 Å². The Morgan fingerprint density at radius 2 is 1.73 bits per heavy atom. The Bertz CT molecular complexity index is 1820. The molecule has 0 spiro atoms. The van der Waals surface area contributed by atoms with E-state index in [0.717, 1.165) is 22.4 Å². The number of sulfone groups is 1. The maximum atomic E-state index is 13.1. The van der Waals surface area contributed by atoms with Gasteiger partial charge in [0.1, 0.15) is 5.69 Å². The number of hydrogen-bond acceptors (Lipinski definition) is 5. The molecule has 206 valence electrons. The molecule has 3 heterocycles. The molecular weight excluding hydrogens is 556 g/mol. The number of carbonyl (C=O) groups is 1. The zero-order chi connectivity index (χ0) is 28.4. The highest BCUT2D eigenvalue weighted by Gasteiger charge is 2.33. The van der Waals surface area contributed by atoms with Gasteiger partial charge < -0.3 is 5.32 Å². The van der Waals surface area contributed by atoms with Gasteiger partial charge in [0.2, 0.25) is 0 Å². The summed E-state index contributed by atoms with van der Waals surface area (Å²) >= 11 is 6.25. The molecule has 9 heteroatoms. The number of halogens is 1. The second kappa shape index (κ2) is 11.3. The second-order valence-electron chi connectivity index (χ2n) is 10.1. The van der Waals surface area contributed by atoms with E-state index in [2.05, 4.69) is 10.3 Å². The smallest absolute Gasteiger partial charge is 0.255 e. The zero-order valence-electron chi connectivity index (χ0n) is 22.1. The Labute approximate surface area is 243 Å². The number of para-hydroxylation sites is 1. The first-order chi connectivity index (χ1) is 19.9. The molecule has 1 atom stereocenters. The molecule has 1 fully saturated rings. The molecule has 5 aromatic rings. The number of pyridine rings is 1. The van der Waals surface area contributed by atoms with Gasteiger partial charge in [-0.3, -0.25) is 14.5 Å². The first-order valence-corrected chi connectivity index (χ1v) is 15.5. The van der Waals surface area contributed by atoms with E-state index in [1.165, 1.54) is 0 Å². The van der Waals surface area contributed by atoms with Crippen LogP contribution >= 0.6 is 11.6 Å². The third-order valence-corrected chi connectivity index (χ3v) is 9.29. The molecule has 1 amide bonds. The van der Waals surface area contributed by atoms with Crippen LogP contribution in [-0.4, -0.2) is 40.6 Å². The van der Waals surface area contributed by atoms with Crippen molar-refractivity contribution in [3.05, 3.63) is 125 Å². The largest absolute Gasteiger partial charge is 0.321 e. The van der Waals surface area contributed by atoms with Crippen molar-refractivity contribution in [2.75, 3.05) is 16.8 Å². The highest BCUT2D eigenvalue weighted by Crippen LogP contribution is 2.38. The lowest BCUT2D eigenvalue weighted by Crippen LogP contribution is -2.14. The molecule has 1 saturated heterocycles. The lowest BCUT2D eigenvalue weighted by Gasteiger charge is -2.15. The van der Waals surface area contributed by atoms with Crippen LogP contribution in [0.2, 0.25) is 5.02 Å². The fourth-order valence-electron chi connectivity index (χ4n) is 5.26. The van der Waals surface area contributed by atoms with Gasteiger partial charge in [-0.2, -0.15) is 5.10 Å². The summed E-state index contributed by atoms with van der Waals surface area (Å²) in [5, 5.41) is 8.37. The van der Waals surface area contributed by atoms with Crippen molar-refractivity contribution >= 4 is 33.0 Å². The number of amides is 1. The molecular formula is C32H27ClN4O3S. The van der Waals surface area contributed by atoms with Crippen molar-refractivity contribution in [2.24, 2.45) is 0 Å². The Balaban J connectivity index is 1.44. The van der Waals surface area contributed by atoms with Crippen molar-refractivity contribution < 1.29 is 13.2 Å². The number of anilines is 1. The van der Waals surface area contributed by atoms with Crippen LogP contribution < -0.4 is 5.32 Å². The predicted molar refractivity (Wildman–Crippen MR) is 162 cm³/mol. The molecule has 1 aliphatic heterocycles. The number of carbonyl (C=O) groups excluding carboxylic acids is 1. The maximum absolute atomic E-state index is 13.1. The summed E-state index contributed by atoms with van der Waals surface area (Å²) in [5.41, 5.74) is 6.06. The fourth-order valence-corrected chi connectivity index (χ4v) is 7.14. The summed E-state index contributed by atoms with van der Waals surface area (Å²) < 4.78 is 26.8. The Kier molecular flexibility index (Phi) is 7.43. The summed E-state index contributed by atoms with van der Waals surface area (Å²) in [7, 11) is -3.14. The predicted octanol–water partition coefficient (Wildman–Crippen LogP) is 6.47. The van der Waals surface area contributed by atoms with Gasteiger partial charge in [0, 0.05) is 29.3 Å². The minimum Gasteiger partial charge on any atom is -0.321 e. The zero-order valence-corrected chi connectivity index (χ0v) is 23.6. The minimum atomic E-state index is -3.14. The van der Waals surface area contributed by atoms with Crippen LogP contribution in [0.1, 0.15) is 33.9 Å². The molecule has 0 aliphatic carbocycles. The van der Waals surface area contributed by atoms with Gasteiger partial charge in [-0.1, -0.05) is 72.3 Å². The summed E-state index contributed by atoms with van der Waals surface area (Å²) in [6, 6.07) is 29.8. The standard InChI is InChI=1S/C32H27ClN4O3S/c33-27-13-4-5-14-28(27)35-32(38)24-12-8-9-22(19-24)20-26-30(29-15-6-7-17-34-29)36-37(25-16-18-41(39,40)21-25)31(26)23-10-2-1-3-11-23/h1-15,17,19,25H,16,18,20-21H2,(H,35,38). The highest BCUT2D eigenvalue weighted by atomic mass is 35.5. The lowest BCUT2D eigenvalue weighted by molar-refractivity contribution is 0.102. The Morgan fingerprint density at radius 1 is 0.951 bits per heavy atom. The summed E-state index contributed by atoms with van der Waals surface area (Å²) in [6.45, 7) is 0. The van der Waals surface area contributed by atoms with Crippen LogP contribution in [0, 0.1) is 0 Å². The van der Waals surface area contributed by atoms with Gasteiger partial charge in [0.05, 0.1) is 39.6 Å². The topological polar surface area (TPSA) is 93.9 Å². The number of aromatic nitrogens is 3. The summed E-state index contributed by atoms with van der Waals surface area (Å²) in [6.07, 6.45) is 2.69. The minimum absolute atomic E-state index is 0.0489. The SMILES string of the molecule is O=C(Nc1ccccc1Cl)c1cccc(Cc2c(-c3ccccn3)nn(C3CCS(=O)(=O)C3)c2-c2ccccc2)c1. The van der Waals surface area contributed by atoms with Crippen molar-refractivity contribution in [3.63, 3.8) is 0 Å². The summed E-state index contributed by atoms with van der Waals surface area (Å²) in [4.78, 5) is 17.7. The lowest BCUT2D eigenvalue weighted by atomic mass is 9.96. The van der Waals surface area contributed by atoms with E-state index in [4.69, 9.17) is 16.7 Å². The molecule has 1 aliphatic rings. The van der Waals surface area contributed by atoms with Crippen molar-refractivity contribution in [1.29, 1.82) is 0 Å². The first kappa shape index (κ1) is 26.9. The molecule has 1 N–H and O–H groups in total. The molecule has 2 aromatic heterocycles. The molecule has 6 rings (SSSR count). The molecule has 3 aromatic carbocycles. The number of hydrogen-bond donors (Lipinski definition) is 1. The van der Waals surface area contributed by atoms with Crippen LogP contribution in [0.5, 0.6) is 0 Å². The molecule has 1 unspecified atom stereocenters. The maximum Gasteiger partial charge on any atom is 0.255 e. The van der Waals surface area contributed by atoms with Crippen LogP contribution in [-0.2, 0) is 16.3 Å². The third kappa shape index (κ3) is 5.80. The fraction of sp³-hybridized carbons (Fsp3) is 0.156. The van der Waals surface area contributed by atoms with Crippen molar-refractivity contribution in [2.45, 2.75) is 18.9 Å². The third-order valence-electron chi connectivity index (χ3n) is 7.21. The van der Waals surface area contributed by atoms with Gasteiger partial charge in [-0.05, 0) is 48.4 Å². The van der Waals surface area contributed by atoms with Crippen LogP contribution in [0.25, 0.3) is 22.6 Å². The molecule has 0 radical (unpaired) electrons. The van der Waals surface area contributed by atoms with E-state index in [9.17, 15) is 13.2 Å². The van der Waals surface area contributed by atoms with E-state index in [1.54, 1.807) is 24.4 Å². The van der Waals surface area contributed by atoms with Gasteiger partial charge in [0.25, 0.3) is 5.91 Å². The van der Waals surface area contributed by atoms with E-state index in [1.807, 2.05) is 83.5 Å². The van der Waals surface area contributed by atoms with E-state index in [0.29, 0.717) is 40.5 Å². The average Bonchev–Trinajstić information content (AvgIpc) is 3.55. The van der Waals surface area contributed by atoms with Gasteiger partial charge in [0.15, 0.2) is 9.84 Å². The normalized spacial score (nSPS) is 16.0. The van der Waals surface area contributed by atoms with E-state index < -0.39 is 9.84 Å². The number of nitrogens with one attached hydrogen (secondary N) is 1.